The summed E-state index contributed by atoms with van der Waals surface area (Å²) >= 11 is 0. The van der Waals surface area contributed by atoms with E-state index in [2.05, 4.69) is 0 Å². The van der Waals surface area contributed by atoms with Crippen molar-refractivity contribution in [2.24, 2.45) is 0 Å². The first kappa shape index (κ1) is 14.1. The van der Waals surface area contributed by atoms with Gasteiger partial charge in [0.1, 0.15) is 11.6 Å². The van der Waals surface area contributed by atoms with E-state index in [4.69, 9.17) is 10.00 Å². The number of halogens is 1. The molecule has 0 saturated carbocycles. The number of anilines is 1. The summed E-state index contributed by atoms with van der Waals surface area (Å²) in [5.74, 6) is -0.154. The number of amides is 1. The van der Waals surface area contributed by atoms with Crippen LogP contribution in [-0.4, -0.2) is 12.0 Å². The van der Waals surface area contributed by atoms with Gasteiger partial charge in [0.05, 0.1) is 23.9 Å². The lowest BCUT2D eigenvalue weighted by molar-refractivity contribution is -0.125. The van der Waals surface area contributed by atoms with Crippen LogP contribution in [0.3, 0.4) is 0 Å². The van der Waals surface area contributed by atoms with E-state index < -0.39 is 11.9 Å². The average molecular weight is 296 g/mol. The van der Waals surface area contributed by atoms with Crippen LogP contribution in [0, 0.1) is 17.1 Å². The van der Waals surface area contributed by atoms with Crippen molar-refractivity contribution in [3.63, 3.8) is 0 Å². The minimum absolute atomic E-state index is 0.220. The van der Waals surface area contributed by atoms with Crippen LogP contribution in [0.2, 0.25) is 0 Å². The molecule has 0 N–H and O–H groups in total. The van der Waals surface area contributed by atoms with Crippen LogP contribution in [0.5, 0.6) is 5.75 Å². The highest BCUT2D eigenvalue weighted by Gasteiger charge is 2.31. The Labute approximate surface area is 127 Å². The summed E-state index contributed by atoms with van der Waals surface area (Å²) in [7, 11) is 0. The van der Waals surface area contributed by atoms with E-state index in [0.717, 1.165) is 5.56 Å². The van der Waals surface area contributed by atoms with Gasteiger partial charge in [0, 0.05) is 6.07 Å². The molecule has 0 radical (unpaired) electrons. The maximum absolute atomic E-state index is 13.5. The van der Waals surface area contributed by atoms with Gasteiger partial charge in [0.2, 0.25) is 0 Å². The SMILES string of the molecule is CC1Oc2ccc(F)cc2N(Cc2ccc(C#N)cc2)C1=O. The quantitative estimate of drug-likeness (QED) is 0.856. The molecule has 0 spiro atoms. The predicted octanol–water partition coefficient (Wildman–Crippen LogP) is 3.01. The molecule has 0 aliphatic carbocycles. The Bertz CT molecular complexity index is 765. The molecule has 1 heterocycles. The lowest BCUT2D eigenvalue weighted by atomic mass is 10.1. The van der Waals surface area contributed by atoms with Gasteiger partial charge in [-0.05, 0) is 36.8 Å². The molecule has 3 rings (SSSR count). The molecule has 1 unspecified atom stereocenters. The van der Waals surface area contributed by atoms with Crippen LogP contribution >= 0.6 is 0 Å². The molecular formula is C17H13FN2O2. The second-order valence-electron chi connectivity index (χ2n) is 5.11. The summed E-state index contributed by atoms with van der Waals surface area (Å²) in [6.07, 6.45) is -0.614. The molecule has 1 atom stereocenters. The Hall–Kier alpha value is -2.87. The molecule has 110 valence electrons. The van der Waals surface area contributed by atoms with Crippen molar-refractivity contribution in [2.75, 3.05) is 4.90 Å². The molecule has 1 aliphatic heterocycles. The van der Waals surface area contributed by atoms with Crippen molar-refractivity contribution < 1.29 is 13.9 Å². The molecule has 0 saturated heterocycles. The Kier molecular flexibility index (Phi) is 3.51. The van der Waals surface area contributed by atoms with Gasteiger partial charge in [-0.1, -0.05) is 12.1 Å². The molecule has 2 aromatic rings. The fourth-order valence-electron chi connectivity index (χ4n) is 2.41. The number of hydrogen-bond acceptors (Lipinski definition) is 3. The number of rotatable bonds is 2. The topological polar surface area (TPSA) is 53.3 Å². The van der Waals surface area contributed by atoms with Crippen molar-refractivity contribution >= 4 is 11.6 Å². The first-order chi connectivity index (χ1) is 10.6. The summed E-state index contributed by atoms with van der Waals surface area (Å²) in [6, 6.07) is 13.1. The maximum Gasteiger partial charge on any atom is 0.268 e. The highest BCUT2D eigenvalue weighted by Crippen LogP contribution is 2.35. The zero-order valence-electron chi connectivity index (χ0n) is 11.9. The summed E-state index contributed by atoms with van der Waals surface area (Å²) in [5, 5.41) is 8.81. The van der Waals surface area contributed by atoms with Gasteiger partial charge in [-0.15, -0.1) is 0 Å². The number of nitrogens with zero attached hydrogens (tertiary/aromatic N) is 2. The third kappa shape index (κ3) is 2.51. The smallest absolute Gasteiger partial charge is 0.268 e. The van der Waals surface area contributed by atoms with Crippen LogP contribution in [0.1, 0.15) is 18.1 Å². The summed E-state index contributed by atoms with van der Waals surface area (Å²) in [4.78, 5) is 13.9. The minimum Gasteiger partial charge on any atom is -0.479 e. The summed E-state index contributed by atoms with van der Waals surface area (Å²) < 4.78 is 19.0. The normalized spacial score (nSPS) is 16.7. The number of hydrogen-bond donors (Lipinski definition) is 0. The number of ether oxygens (including phenoxy) is 1. The van der Waals surface area contributed by atoms with Crippen molar-refractivity contribution in [1.82, 2.24) is 0 Å². The zero-order chi connectivity index (χ0) is 15.7. The largest absolute Gasteiger partial charge is 0.479 e. The highest BCUT2D eigenvalue weighted by atomic mass is 19.1. The Morgan fingerprint density at radius 2 is 2.00 bits per heavy atom. The van der Waals surface area contributed by atoms with Crippen LogP contribution < -0.4 is 9.64 Å². The van der Waals surface area contributed by atoms with Crippen molar-refractivity contribution in [3.8, 4) is 11.8 Å². The third-order valence-electron chi connectivity index (χ3n) is 3.55. The van der Waals surface area contributed by atoms with E-state index in [1.807, 2.05) is 6.07 Å². The Morgan fingerprint density at radius 3 is 2.68 bits per heavy atom. The predicted molar refractivity (Wildman–Crippen MR) is 78.8 cm³/mol. The first-order valence-corrected chi connectivity index (χ1v) is 6.85. The molecule has 1 aliphatic rings. The second-order valence-corrected chi connectivity index (χ2v) is 5.11. The number of benzene rings is 2. The Morgan fingerprint density at radius 1 is 1.27 bits per heavy atom. The van der Waals surface area contributed by atoms with E-state index in [1.165, 1.54) is 23.1 Å². The summed E-state index contributed by atoms with van der Waals surface area (Å²) in [6.45, 7) is 1.97. The molecule has 2 aromatic carbocycles. The van der Waals surface area contributed by atoms with Crippen LogP contribution in [0.4, 0.5) is 10.1 Å². The molecule has 0 aromatic heterocycles. The average Bonchev–Trinajstić information content (AvgIpc) is 2.53. The molecule has 5 heteroatoms. The van der Waals surface area contributed by atoms with E-state index in [-0.39, 0.29) is 5.91 Å². The van der Waals surface area contributed by atoms with Gasteiger partial charge in [0.15, 0.2) is 6.10 Å². The number of carbonyl (C=O) groups excluding carboxylic acids is 1. The zero-order valence-corrected chi connectivity index (χ0v) is 11.9. The molecular weight excluding hydrogens is 283 g/mol. The van der Waals surface area contributed by atoms with Gasteiger partial charge in [-0.25, -0.2) is 4.39 Å². The summed E-state index contributed by atoms with van der Waals surface area (Å²) in [5.41, 5.74) is 1.83. The molecule has 22 heavy (non-hydrogen) atoms. The maximum atomic E-state index is 13.5. The lowest BCUT2D eigenvalue weighted by Gasteiger charge is -2.33. The van der Waals surface area contributed by atoms with Gasteiger partial charge >= 0.3 is 0 Å². The highest BCUT2D eigenvalue weighted by molar-refractivity contribution is 5.99. The first-order valence-electron chi connectivity index (χ1n) is 6.85. The minimum atomic E-state index is -0.614. The van der Waals surface area contributed by atoms with Gasteiger partial charge < -0.3 is 9.64 Å². The third-order valence-corrected chi connectivity index (χ3v) is 3.55. The lowest BCUT2D eigenvalue weighted by Crippen LogP contribution is -2.44. The Balaban J connectivity index is 1.96. The molecule has 0 bridgehead atoms. The van der Waals surface area contributed by atoms with Gasteiger partial charge in [-0.2, -0.15) is 5.26 Å². The van der Waals surface area contributed by atoms with Gasteiger partial charge in [0.25, 0.3) is 5.91 Å². The van der Waals surface area contributed by atoms with Crippen LogP contribution in [-0.2, 0) is 11.3 Å². The number of carbonyl (C=O) groups is 1. The number of fused-ring (bicyclic) bond motifs is 1. The second kappa shape index (κ2) is 5.49. The van der Waals surface area contributed by atoms with Crippen molar-refractivity contribution in [3.05, 3.63) is 59.4 Å². The number of nitriles is 1. The molecule has 0 fully saturated rings. The van der Waals surface area contributed by atoms with E-state index in [0.29, 0.717) is 23.5 Å². The fourth-order valence-corrected chi connectivity index (χ4v) is 2.41. The van der Waals surface area contributed by atoms with Gasteiger partial charge in [-0.3, -0.25) is 4.79 Å². The van der Waals surface area contributed by atoms with Crippen molar-refractivity contribution in [1.29, 1.82) is 5.26 Å². The van der Waals surface area contributed by atoms with Crippen LogP contribution in [0.15, 0.2) is 42.5 Å². The van der Waals surface area contributed by atoms with E-state index in [9.17, 15) is 9.18 Å². The monoisotopic (exact) mass is 296 g/mol. The van der Waals surface area contributed by atoms with E-state index >= 15 is 0 Å². The van der Waals surface area contributed by atoms with Crippen LogP contribution in [0.25, 0.3) is 0 Å². The van der Waals surface area contributed by atoms with Crippen molar-refractivity contribution in [2.45, 2.75) is 19.6 Å². The molecule has 1 amide bonds. The molecule has 4 nitrogen and oxygen atoms in total. The van der Waals surface area contributed by atoms with E-state index in [1.54, 1.807) is 31.2 Å². The standard InChI is InChI=1S/C17H13FN2O2/c1-11-17(21)20(10-13-4-2-12(9-19)3-5-13)15-8-14(18)6-7-16(15)22-11/h2-8,11H,10H2,1H3. The fraction of sp³-hybridized carbons (Fsp3) is 0.176.